The van der Waals surface area contributed by atoms with Crippen molar-refractivity contribution in [3.05, 3.63) is 11.3 Å². The molecule has 4 heteroatoms. The van der Waals surface area contributed by atoms with Gasteiger partial charge in [0.15, 0.2) is 0 Å². The fourth-order valence-electron chi connectivity index (χ4n) is 4.99. The average Bonchev–Trinajstić information content (AvgIpc) is 2.23. The molecule has 2 atom stereocenters. The van der Waals surface area contributed by atoms with Crippen LogP contribution in [0.15, 0.2) is 11.3 Å². The molecule has 4 aliphatic carbocycles. The van der Waals surface area contributed by atoms with Crippen molar-refractivity contribution < 1.29 is 20.1 Å². The molecule has 0 spiro atoms. The molecular formula is C14H20O4. The lowest BCUT2D eigenvalue weighted by atomic mass is 9.47. The van der Waals surface area contributed by atoms with Crippen LogP contribution in [0.4, 0.5) is 0 Å². The number of aliphatic hydroxyl groups excluding tert-OH is 1. The summed E-state index contributed by atoms with van der Waals surface area (Å²) in [6.07, 6.45) is 4.98. The van der Waals surface area contributed by atoms with Crippen LogP contribution in [0.2, 0.25) is 0 Å². The number of carboxylic acid groups (broad SMARTS) is 1. The van der Waals surface area contributed by atoms with E-state index in [-0.39, 0.29) is 11.3 Å². The Labute approximate surface area is 106 Å². The zero-order valence-electron chi connectivity index (χ0n) is 10.6. The standard InChI is InChI=1S/C14H20O4/c1-8(12(16)17)11(15)13-3-9-2-10(4-13)6-14(18,5-9)7-13/h9-10,15,18H,2-7H2,1H3,(H,16,17). The molecule has 3 N–H and O–H groups in total. The summed E-state index contributed by atoms with van der Waals surface area (Å²) in [6, 6.07) is 0. The van der Waals surface area contributed by atoms with Crippen LogP contribution >= 0.6 is 0 Å². The molecule has 4 nitrogen and oxygen atoms in total. The van der Waals surface area contributed by atoms with Crippen LogP contribution in [0, 0.1) is 17.3 Å². The van der Waals surface area contributed by atoms with Crippen LogP contribution in [-0.4, -0.2) is 26.9 Å². The van der Waals surface area contributed by atoms with Gasteiger partial charge in [0.25, 0.3) is 0 Å². The fourth-order valence-corrected chi connectivity index (χ4v) is 4.99. The second-order valence-corrected chi connectivity index (χ2v) is 6.74. The third-order valence-electron chi connectivity index (χ3n) is 5.21. The molecule has 0 aliphatic heterocycles. The molecule has 0 saturated heterocycles. The van der Waals surface area contributed by atoms with Crippen molar-refractivity contribution in [2.45, 2.75) is 51.0 Å². The van der Waals surface area contributed by atoms with Gasteiger partial charge in [-0.3, -0.25) is 0 Å². The first-order valence-electron chi connectivity index (χ1n) is 6.70. The number of rotatable bonds is 2. The Kier molecular flexibility index (Phi) is 2.34. The lowest BCUT2D eigenvalue weighted by molar-refractivity contribution is -0.161. The highest BCUT2D eigenvalue weighted by Crippen LogP contribution is 2.63. The van der Waals surface area contributed by atoms with E-state index in [1.807, 2.05) is 0 Å². The van der Waals surface area contributed by atoms with Crippen LogP contribution in [-0.2, 0) is 4.79 Å². The van der Waals surface area contributed by atoms with Crippen LogP contribution in [0.5, 0.6) is 0 Å². The largest absolute Gasteiger partial charge is 0.511 e. The zero-order chi connectivity index (χ0) is 13.1. The molecule has 0 heterocycles. The average molecular weight is 252 g/mol. The van der Waals surface area contributed by atoms with E-state index >= 15 is 0 Å². The SMILES string of the molecule is CC(C(=O)O)=C(O)C12CC3CC(CC(O)(C3)C1)C2. The Morgan fingerprint density at radius 2 is 1.67 bits per heavy atom. The summed E-state index contributed by atoms with van der Waals surface area (Å²) in [6.45, 7) is 1.46. The van der Waals surface area contributed by atoms with Crippen LogP contribution in [0.3, 0.4) is 0 Å². The van der Waals surface area contributed by atoms with E-state index in [0.717, 1.165) is 32.1 Å². The van der Waals surface area contributed by atoms with Crippen molar-refractivity contribution in [2.75, 3.05) is 0 Å². The Morgan fingerprint density at radius 1 is 1.11 bits per heavy atom. The van der Waals surface area contributed by atoms with Crippen molar-refractivity contribution in [1.82, 2.24) is 0 Å². The maximum absolute atomic E-state index is 11.0. The molecule has 100 valence electrons. The van der Waals surface area contributed by atoms with Crippen molar-refractivity contribution in [3.63, 3.8) is 0 Å². The van der Waals surface area contributed by atoms with E-state index in [4.69, 9.17) is 5.11 Å². The third kappa shape index (κ3) is 1.58. The van der Waals surface area contributed by atoms with Crippen molar-refractivity contribution in [1.29, 1.82) is 0 Å². The van der Waals surface area contributed by atoms with Gasteiger partial charge in [0.2, 0.25) is 0 Å². The molecule has 0 radical (unpaired) electrons. The predicted molar refractivity (Wildman–Crippen MR) is 65.0 cm³/mol. The third-order valence-corrected chi connectivity index (χ3v) is 5.21. The molecule has 2 unspecified atom stereocenters. The Morgan fingerprint density at radius 3 is 2.11 bits per heavy atom. The first-order chi connectivity index (χ1) is 8.34. The van der Waals surface area contributed by atoms with Gasteiger partial charge in [0.1, 0.15) is 5.76 Å². The van der Waals surface area contributed by atoms with Gasteiger partial charge in [-0.2, -0.15) is 0 Å². The lowest BCUT2D eigenvalue weighted by Crippen LogP contribution is -2.56. The summed E-state index contributed by atoms with van der Waals surface area (Å²) in [5.41, 5.74) is -1.10. The summed E-state index contributed by atoms with van der Waals surface area (Å²) in [4.78, 5) is 11.0. The molecule has 18 heavy (non-hydrogen) atoms. The summed E-state index contributed by atoms with van der Waals surface area (Å²) in [5, 5.41) is 29.9. The summed E-state index contributed by atoms with van der Waals surface area (Å²) in [5.74, 6) is -0.155. The number of carbonyl (C=O) groups is 1. The van der Waals surface area contributed by atoms with Gasteiger partial charge in [-0.05, 0) is 57.3 Å². The van der Waals surface area contributed by atoms with Gasteiger partial charge >= 0.3 is 5.97 Å². The zero-order valence-corrected chi connectivity index (χ0v) is 10.6. The first kappa shape index (κ1) is 12.0. The lowest BCUT2D eigenvalue weighted by Gasteiger charge is -2.60. The molecule has 4 bridgehead atoms. The number of carboxylic acids is 1. The van der Waals surface area contributed by atoms with E-state index in [1.54, 1.807) is 0 Å². The molecule has 0 aromatic carbocycles. The van der Waals surface area contributed by atoms with Crippen LogP contribution in [0.25, 0.3) is 0 Å². The number of aliphatic carboxylic acids is 1. The first-order valence-corrected chi connectivity index (χ1v) is 6.70. The quantitative estimate of drug-likeness (QED) is 0.520. The predicted octanol–water partition coefficient (Wildman–Crippen LogP) is 2.23. The summed E-state index contributed by atoms with van der Waals surface area (Å²) in [7, 11) is 0. The monoisotopic (exact) mass is 252 g/mol. The smallest absolute Gasteiger partial charge is 0.334 e. The van der Waals surface area contributed by atoms with E-state index in [9.17, 15) is 15.0 Å². The second-order valence-electron chi connectivity index (χ2n) is 6.74. The molecule has 4 rings (SSSR count). The number of hydrogen-bond acceptors (Lipinski definition) is 3. The molecule has 4 saturated carbocycles. The highest BCUT2D eigenvalue weighted by molar-refractivity contribution is 5.86. The highest BCUT2D eigenvalue weighted by atomic mass is 16.4. The van der Waals surface area contributed by atoms with Gasteiger partial charge in [-0.1, -0.05) is 0 Å². The van der Waals surface area contributed by atoms with Crippen molar-refractivity contribution >= 4 is 5.97 Å². The van der Waals surface area contributed by atoms with Gasteiger partial charge in [0.05, 0.1) is 11.2 Å². The Bertz CT molecular complexity index is 423. The van der Waals surface area contributed by atoms with E-state index < -0.39 is 17.0 Å². The highest BCUT2D eigenvalue weighted by Gasteiger charge is 2.59. The van der Waals surface area contributed by atoms with Gasteiger partial charge < -0.3 is 15.3 Å². The minimum Gasteiger partial charge on any atom is -0.511 e. The molecule has 0 aromatic rings. The van der Waals surface area contributed by atoms with E-state index in [0.29, 0.717) is 18.3 Å². The van der Waals surface area contributed by atoms with Gasteiger partial charge in [0, 0.05) is 5.41 Å². The minimum absolute atomic E-state index is 0.0162. The number of hydrogen-bond donors (Lipinski definition) is 3. The maximum Gasteiger partial charge on any atom is 0.334 e. The van der Waals surface area contributed by atoms with E-state index in [2.05, 4.69) is 0 Å². The molecule has 0 aromatic heterocycles. The van der Waals surface area contributed by atoms with Crippen LogP contribution in [0.1, 0.15) is 45.4 Å². The topological polar surface area (TPSA) is 77.8 Å². The summed E-state index contributed by atoms with van der Waals surface area (Å²) >= 11 is 0. The Hall–Kier alpha value is -1.03. The second kappa shape index (κ2) is 3.50. The molecule has 4 fully saturated rings. The van der Waals surface area contributed by atoms with Gasteiger partial charge in [-0.15, -0.1) is 0 Å². The van der Waals surface area contributed by atoms with E-state index in [1.165, 1.54) is 6.92 Å². The summed E-state index contributed by atoms with van der Waals surface area (Å²) < 4.78 is 0. The fraction of sp³-hybridized carbons (Fsp3) is 0.786. The van der Waals surface area contributed by atoms with Crippen molar-refractivity contribution in [2.24, 2.45) is 17.3 Å². The molecular weight excluding hydrogens is 232 g/mol. The minimum atomic E-state index is -1.06. The number of aliphatic hydroxyl groups is 2. The maximum atomic E-state index is 11.0. The number of allylic oxidation sites excluding steroid dienone is 1. The normalized spacial score (nSPS) is 47.0. The van der Waals surface area contributed by atoms with Crippen molar-refractivity contribution in [3.8, 4) is 0 Å². The Balaban J connectivity index is 2.01. The van der Waals surface area contributed by atoms with Crippen LogP contribution < -0.4 is 0 Å². The molecule has 0 amide bonds. The molecule has 4 aliphatic rings. The van der Waals surface area contributed by atoms with Gasteiger partial charge in [-0.25, -0.2) is 4.79 Å².